The SMILES string of the molecule is c1ccc(Oc2cccc(N(CC3CO3)CC3CO3)c2)cc1. The third-order valence-electron chi connectivity index (χ3n) is 3.81. The first kappa shape index (κ1) is 13.6. The van der Waals surface area contributed by atoms with E-state index < -0.39 is 0 Å². The molecular formula is C18H19NO3. The van der Waals surface area contributed by atoms with Gasteiger partial charge in [0.2, 0.25) is 0 Å². The van der Waals surface area contributed by atoms with Crippen LogP contribution in [0, 0.1) is 0 Å². The summed E-state index contributed by atoms with van der Waals surface area (Å²) in [6.45, 7) is 3.55. The Morgan fingerprint density at radius 2 is 1.50 bits per heavy atom. The number of hydrogen-bond acceptors (Lipinski definition) is 4. The van der Waals surface area contributed by atoms with Crippen molar-refractivity contribution in [3.63, 3.8) is 0 Å². The fourth-order valence-electron chi connectivity index (χ4n) is 2.49. The number of para-hydroxylation sites is 1. The summed E-state index contributed by atoms with van der Waals surface area (Å²) in [5, 5.41) is 0. The van der Waals surface area contributed by atoms with Crippen LogP contribution in [0.3, 0.4) is 0 Å². The topological polar surface area (TPSA) is 37.5 Å². The van der Waals surface area contributed by atoms with Crippen LogP contribution in [0.2, 0.25) is 0 Å². The third kappa shape index (κ3) is 3.59. The van der Waals surface area contributed by atoms with Crippen molar-refractivity contribution >= 4 is 5.69 Å². The van der Waals surface area contributed by atoms with Gasteiger partial charge in [0, 0.05) is 24.8 Å². The molecule has 4 rings (SSSR count). The van der Waals surface area contributed by atoms with Gasteiger partial charge in [0.25, 0.3) is 0 Å². The standard InChI is InChI=1S/C18H19NO3/c1-2-6-15(7-3-1)22-16-8-4-5-14(9-16)19(10-17-12-20-17)11-18-13-21-18/h1-9,17-18H,10-13H2. The summed E-state index contributed by atoms with van der Waals surface area (Å²) in [5.74, 6) is 1.70. The fourth-order valence-corrected chi connectivity index (χ4v) is 2.49. The van der Waals surface area contributed by atoms with Gasteiger partial charge in [0.05, 0.1) is 25.4 Å². The Balaban J connectivity index is 1.50. The van der Waals surface area contributed by atoms with Crippen molar-refractivity contribution < 1.29 is 14.2 Å². The Kier molecular flexibility index (Phi) is 3.70. The van der Waals surface area contributed by atoms with Crippen LogP contribution in [0.1, 0.15) is 0 Å². The van der Waals surface area contributed by atoms with Gasteiger partial charge < -0.3 is 19.1 Å². The molecule has 2 aromatic rings. The van der Waals surface area contributed by atoms with Crippen molar-refractivity contribution in [2.75, 3.05) is 31.2 Å². The van der Waals surface area contributed by atoms with Crippen LogP contribution in [0.4, 0.5) is 5.69 Å². The highest BCUT2D eigenvalue weighted by Gasteiger charge is 2.30. The molecule has 0 amide bonds. The maximum atomic E-state index is 5.92. The number of nitrogens with zero attached hydrogens (tertiary/aromatic N) is 1. The van der Waals surface area contributed by atoms with Crippen molar-refractivity contribution in [3.05, 3.63) is 54.6 Å². The van der Waals surface area contributed by atoms with Gasteiger partial charge in [-0.05, 0) is 24.3 Å². The zero-order valence-electron chi connectivity index (χ0n) is 12.4. The molecule has 2 aliphatic rings. The summed E-state index contributed by atoms with van der Waals surface area (Å²) in [6, 6.07) is 18.1. The van der Waals surface area contributed by atoms with Crippen LogP contribution in [0.25, 0.3) is 0 Å². The predicted molar refractivity (Wildman–Crippen MR) is 84.7 cm³/mol. The molecule has 0 radical (unpaired) electrons. The molecule has 4 heteroatoms. The molecule has 2 fully saturated rings. The van der Waals surface area contributed by atoms with E-state index in [1.54, 1.807) is 0 Å². The maximum absolute atomic E-state index is 5.92. The van der Waals surface area contributed by atoms with E-state index >= 15 is 0 Å². The molecule has 0 bridgehead atoms. The zero-order valence-corrected chi connectivity index (χ0v) is 12.4. The second-order valence-electron chi connectivity index (χ2n) is 5.73. The molecule has 0 aliphatic carbocycles. The van der Waals surface area contributed by atoms with Gasteiger partial charge in [-0.15, -0.1) is 0 Å². The minimum absolute atomic E-state index is 0.359. The number of anilines is 1. The summed E-state index contributed by atoms with van der Waals surface area (Å²) in [7, 11) is 0. The van der Waals surface area contributed by atoms with E-state index in [9.17, 15) is 0 Å². The van der Waals surface area contributed by atoms with Crippen molar-refractivity contribution in [1.82, 2.24) is 0 Å². The van der Waals surface area contributed by atoms with Gasteiger partial charge in [0.1, 0.15) is 11.5 Å². The summed E-state index contributed by atoms with van der Waals surface area (Å²) in [6.07, 6.45) is 0.717. The van der Waals surface area contributed by atoms with E-state index in [0.29, 0.717) is 12.2 Å². The first-order chi connectivity index (χ1) is 10.9. The summed E-state index contributed by atoms with van der Waals surface area (Å²) in [5.41, 5.74) is 1.15. The van der Waals surface area contributed by atoms with Crippen LogP contribution in [-0.4, -0.2) is 38.5 Å². The van der Waals surface area contributed by atoms with E-state index in [2.05, 4.69) is 17.0 Å². The zero-order chi connectivity index (χ0) is 14.8. The van der Waals surface area contributed by atoms with Crippen molar-refractivity contribution in [3.8, 4) is 11.5 Å². The highest BCUT2D eigenvalue weighted by Crippen LogP contribution is 2.28. The lowest BCUT2D eigenvalue weighted by molar-refractivity contribution is 0.389. The lowest BCUT2D eigenvalue weighted by Crippen LogP contribution is -2.31. The molecule has 2 heterocycles. The van der Waals surface area contributed by atoms with Crippen LogP contribution in [0.15, 0.2) is 54.6 Å². The average molecular weight is 297 g/mol. The molecule has 2 aliphatic heterocycles. The quantitative estimate of drug-likeness (QED) is 0.736. The fraction of sp³-hybridized carbons (Fsp3) is 0.333. The average Bonchev–Trinajstić information content (AvgIpc) is 3.44. The first-order valence-electron chi connectivity index (χ1n) is 7.68. The molecule has 2 aromatic carbocycles. The van der Waals surface area contributed by atoms with E-state index in [0.717, 1.165) is 43.5 Å². The van der Waals surface area contributed by atoms with Gasteiger partial charge in [0.15, 0.2) is 0 Å². The van der Waals surface area contributed by atoms with E-state index in [4.69, 9.17) is 14.2 Å². The van der Waals surface area contributed by atoms with Gasteiger partial charge in [-0.3, -0.25) is 0 Å². The summed E-state index contributed by atoms with van der Waals surface area (Å²) >= 11 is 0. The lowest BCUT2D eigenvalue weighted by Gasteiger charge is -2.23. The van der Waals surface area contributed by atoms with Crippen molar-refractivity contribution in [2.24, 2.45) is 0 Å². The van der Waals surface area contributed by atoms with Gasteiger partial charge in [-0.1, -0.05) is 24.3 Å². The minimum atomic E-state index is 0.359. The molecule has 0 saturated carbocycles. The van der Waals surface area contributed by atoms with Gasteiger partial charge in [-0.2, -0.15) is 0 Å². The Labute approximate surface area is 130 Å². The summed E-state index contributed by atoms with van der Waals surface area (Å²) in [4.78, 5) is 2.33. The molecule has 2 unspecified atom stereocenters. The minimum Gasteiger partial charge on any atom is -0.457 e. The Bertz CT molecular complexity index is 609. The molecule has 0 aromatic heterocycles. The monoisotopic (exact) mass is 297 g/mol. The summed E-state index contributed by atoms with van der Waals surface area (Å²) < 4.78 is 16.7. The molecular weight excluding hydrogens is 278 g/mol. The maximum Gasteiger partial charge on any atom is 0.129 e. The third-order valence-corrected chi connectivity index (χ3v) is 3.81. The van der Waals surface area contributed by atoms with E-state index in [1.807, 2.05) is 42.5 Å². The largest absolute Gasteiger partial charge is 0.457 e. The number of epoxide rings is 2. The lowest BCUT2D eigenvalue weighted by atomic mass is 10.2. The van der Waals surface area contributed by atoms with E-state index in [1.165, 1.54) is 0 Å². The van der Waals surface area contributed by atoms with Gasteiger partial charge in [-0.25, -0.2) is 0 Å². The second kappa shape index (κ2) is 5.99. The smallest absolute Gasteiger partial charge is 0.129 e. The van der Waals surface area contributed by atoms with Crippen molar-refractivity contribution in [1.29, 1.82) is 0 Å². The second-order valence-corrected chi connectivity index (χ2v) is 5.73. The number of rotatable bonds is 7. The van der Waals surface area contributed by atoms with Gasteiger partial charge >= 0.3 is 0 Å². The molecule has 0 spiro atoms. The Morgan fingerprint density at radius 1 is 0.864 bits per heavy atom. The highest BCUT2D eigenvalue weighted by atomic mass is 16.6. The van der Waals surface area contributed by atoms with Crippen LogP contribution < -0.4 is 9.64 Å². The van der Waals surface area contributed by atoms with Crippen LogP contribution in [0.5, 0.6) is 11.5 Å². The van der Waals surface area contributed by atoms with Crippen molar-refractivity contribution in [2.45, 2.75) is 12.2 Å². The number of ether oxygens (including phenoxy) is 3. The van der Waals surface area contributed by atoms with Crippen LogP contribution in [-0.2, 0) is 9.47 Å². The molecule has 2 atom stereocenters. The predicted octanol–water partition coefficient (Wildman–Crippen LogP) is 3.08. The molecule has 0 N–H and O–H groups in total. The normalized spacial score (nSPS) is 22.2. The highest BCUT2D eigenvalue weighted by molar-refractivity contribution is 5.52. The molecule has 114 valence electrons. The van der Waals surface area contributed by atoms with Crippen LogP contribution >= 0.6 is 0 Å². The molecule has 4 nitrogen and oxygen atoms in total. The number of hydrogen-bond donors (Lipinski definition) is 0. The molecule has 2 saturated heterocycles. The first-order valence-corrected chi connectivity index (χ1v) is 7.68. The molecule has 22 heavy (non-hydrogen) atoms. The number of benzene rings is 2. The Morgan fingerprint density at radius 3 is 2.14 bits per heavy atom. The van der Waals surface area contributed by atoms with E-state index in [-0.39, 0.29) is 0 Å². The Hall–Kier alpha value is -2.04.